The molecule has 1 N–H and O–H groups in total. The smallest absolute Gasteiger partial charge is 0.440 e. The molecule has 158 valence electrons. The van der Waals surface area contributed by atoms with Gasteiger partial charge in [-0.3, -0.25) is 4.57 Å². The minimum atomic E-state index is -4.73. The molecule has 11 heteroatoms. The van der Waals surface area contributed by atoms with Gasteiger partial charge in [0.1, 0.15) is 18.1 Å². The topological polar surface area (TPSA) is 91.5 Å². The van der Waals surface area contributed by atoms with Gasteiger partial charge in [0.15, 0.2) is 0 Å². The zero-order valence-corrected chi connectivity index (χ0v) is 16.1. The minimum absolute atomic E-state index is 0.192. The highest BCUT2D eigenvalue weighted by atomic mass is 19.4. The van der Waals surface area contributed by atoms with E-state index in [1.54, 1.807) is 4.57 Å². The van der Waals surface area contributed by atoms with Gasteiger partial charge in [0.25, 0.3) is 0 Å². The lowest BCUT2D eigenvalue weighted by Crippen LogP contribution is -2.54. The van der Waals surface area contributed by atoms with Crippen molar-refractivity contribution < 1.29 is 27.6 Å². The number of nitro groups is 1. The Kier molecular flexibility index (Phi) is 5.44. The summed E-state index contributed by atoms with van der Waals surface area (Å²) in [5.41, 5.74) is 0.475. The Morgan fingerprint density at radius 1 is 1.31 bits per heavy atom. The fourth-order valence-corrected chi connectivity index (χ4v) is 3.21. The first-order valence-electron chi connectivity index (χ1n) is 8.89. The first-order chi connectivity index (χ1) is 13.4. The van der Waals surface area contributed by atoms with E-state index in [1.165, 1.54) is 30.5 Å². The third-order valence-corrected chi connectivity index (χ3v) is 4.48. The number of halogens is 3. The highest BCUT2D eigenvalue weighted by Crippen LogP contribution is 2.33. The van der Waals surface area contributed by atoms with E-state index in [0.29, 0.717) is 13.1 Å². The van der Waals surface area contributed by atoms with Crippen LogP contribution in [0.4, 0.5) is 19.0 Å². The lowest BCUT2D eigenvalue weighted by molar-refractivity contribution is -0.389. The molecule has 1 aliphatic heterocycles. The van der Waals surface area contributed by atoms with Crippen LogP contribution >= 0.6 is 0 Å². The number of ether oxygens (including phenoxy) is 2. The van der Waals surface area contributed by atoms with Crippen LogP contribution in [0, 0.1) is 15.5 Å². The van der Waals surface area contributed by atoms with E-state index in [1.807, 2.05) is 20.8 Å². The molecule has 0 fully saturated rings. The molecule has 0 spiro atoms. The van der Waals surface area contributed by atoms with Gasteiger partial charge >= 0.3 is 18.2 Å². The highest BCUT2D eigenvalue weighted by molar-refractivity contribution is 5.27. The molecule has 0 saturated heterocycles. The number of nitrogens with one attached hydrogen (secondary N) is 1. The number of nitrogens with zero attached hydrogens (tertiary/aromatic N) is 3. The Balaban J connectivity index is 1.71. The Bertz CT molecular complexity index is 875. The van der Waals surface area contributed by atoms with Crippen LogP contribution in [0.5, 0.6) is 11.8 Å². The summed E-state index contributed by atoms with van der Waals surface area (Å²) >= 11 is 0. The van der Waals surface area contributed by atoms with Gasteiger partial charge in [0, 0.05) is 23.5 Å². The second kappa shape index (κ2) is 7.54. The van der Waals surface area contributed by atoms with Crippen molar-refractivity contribution in [2.45, 2.75) is 52.4 Å². The quantitative estimate of drug-likeness (QED) is 0.593. The van der Waals surface area contributed by atoms with E-state index < -0.39 is 11.3 Å². The normalized spacial score (nSPS) is 19.4. The number of benzene rings is 1. The maximum atomic E-state index is 12.3. The average Bonchev–Trinajstić information content (AvgIpc) is 3.01. The van der Waals surface area contributed by atoms with Crippen LogP contribution < -0.4 is 14.8 Å². The van der Waals surface area contributed by atoms with Gasteiger partial charge in [-0.05, 0) is 22.6 Å². The van der Waals surface area contributed by atoms with E-state index in [0.717, 1.165) is 5.56 Å². The van der Waals surface area contributed by atoms with Crippen molar-refractivity contribution in [1.82, 2.24) is 14.9 Å². The summed E-state index contributed by atoms with van der Waals surface area (Å²) in [6, 6.07) is 5.58. The van der Waals surface area contributed by atoms with E-state index >= 15 is 0 Å². The molecule has 0 bridgehead atoms. The number of imidazole rings is 1. The molecule has 2 aromatic rings. The van der Waals surface area contributed by atoms with Crippen LogP contribution in [0.1, 0.15) is 26.3 Å². The summed E-state index contributed by atoms with van der Waals surface area (Å²) in [5, 5.41) is 14.3. The fraction of sp³-hybridized carbons (Fsp3) is 0.500. The molecular weight excluding hydrogens is 393 g/mol. The number of alkyl halides is 3. The molecule has 8 nitrogen and oxygen atoms in total. The minimum Gasteiger partial charge on any atom is -0.440 e. The van der Waals surface area contributed by atoms with Crippen molar-refractivity contribution in [1.29, 1.82) is 0 Å². The van der Waals surface area contributed by atoms with Crippen LogP contribution in [0.2, 0.25) is 0 Å². The van der Waals surface area contributed by atoms with Gasteiger partial charge in [0.2, 0.25) is 0 Å². The summed E-state index contributed by atoms with van der Waals surface area (Å²) in [5.74, 6) is -0.571. The number of aromatic nitrogens is 2. The van der Waals surface area contributed by atoms with E-state index in [9.17, 15) is 23.3 Å². The SMILES string of the molecule is CC(C)(C)C1Oc2nc([N+](=O)[O-])cn2C[C@@H]1NCc1ccc(OC(F)(F)F)cc1. The van der Waals surface area contributed by atoms with Crippen LogP contribution in [-0.2, 0) is 13.1 Å². The van der Waals surface area contributed by atoms with Crippen LogP contribution in [0.25, 0.3) is 0 Å². The first kappa shape index (κ1) is 20.9. The maximum absolute atomic E-state index is 12.3. The van der Waals surface area contributed by atoms with Crippen molar-refractivity contribution in [3.8, 4) is 11.8 Å². The molecule has 2 atom stereocenters. The summed E-state index contributed by atoms with van der Waals surface area (Å²) < 4.78 is 48.2. The molecule has 1 unspecified atom stereocenters. The average molecular weight is 414 g/mol. The second-order valence-electron chi connectivity index (χ2n) is 7.87. The van der Waals surface area contributed by atoms with Gasteiger partial charge in [-0.1, -0.05) is 32.9 Å². The Hall–Kier alpha value is -2.82. The number of hydrogen-bond acceptors (Lipinski definition) is 6. The van der Waals surface area contributed by atoms with E-state index in [2.05, 4.69) is 15.0 Å². The fourth-order valence-electron chi connectivity index (χ4n) is 3.21. The van der Waals surface area contributed by atoms with Crippen LogP contribution in [0.15, 0.2) is 30.5 Å². The lowest BCUT2D eigenvalue weighted by Gasteiger charge is -2.39. The maximum Gasteiger partial charge on any atom is 0.573 e. The van der Waals surface area contributed by atoms with Crippen molar-refractivity contribution in [3.63, 3.8) is 0 Å². The predicted molar refractivity (Wildman–Crippen MR) is 96.5 cm³/mol. The van der Waals surface area contributed by atoms with Crippen LogP contribution in [-0.4, -0.2) is 33.0 Å². The molecular formula is C18H21F3N4O4. The third kappa shape index (κ3) is 5.17. The molecule has 0 aliphatic carbocycles. The molecule has 1 aliphatic rings. The zero-order chi connectivity index (χ0) is 21.4. The monoisotopic (exact) mass is 414 g/mol. The van der Waals surface area contributed by atoms with Crippen LogP contribution in [0.3, 0.4) is 0 Å². The van der Waals surface area contributed by atoms with E-state index in [4.69, 9.17) is 4.74 Å². The Morgan fingerprint density at radius 2 is 1.97 bits per heavy atom. The standard InChI is InChI=1S/C18H21F3N4O4/c1-17(2,3)15-13(9-24-10-14(25(26)27)23-16(24)28-15)22-8-11-4-6-12(7-5-11)29-18(19,20)21/h4-7,10,13,15,22H,8-9H2,1-3H3/t13-,15?/m0/s1. The second-order valence-corrected chi connectivity index (χ2v) is 7.87. The van der Waals surface area contributed by atoms with Crippen molar-refractivity contribution in [3.05, 3.63) is 46.1 Å². The molecule has 29 heavy (non-hydrogen) atoms. The number of hydrogen-bond donors (Lipinski definition) is 1. The zero-order valence-electron chi connectivity index (χ0n) is 16.1. The largest absolute Gasteiger partial charge is 0.573 e. The predicted octanol–water partition coefficient (Wildman–Crippen LogP) is 3.66. The van der Waals surface area contributed by atoms with E-state index in [-0.39, 0.29) is 35.1 Å². The van der Waals surface area contributed by atoms with Gasteiger partial charge in [-0.2, -0.15) is 0 Å². The lowest BCUT2D eigenvalue weighted by atomic mass is 9.83. The van der Waals surface area contributed by atoms with Gasteiger partial charge < -0.3 is 24.9 Å². The van der Waals surface area contributed by atoms with Gasteiger partial charge in [-0.15, -0.1) is 13.2 Å². The molecule has 2 heterocycles. The summed E-state index contributed by atoms with van der Waals surface area (Å²) in [6.07, 6.45) is -3.72. The molecule has 1 aromatic heterocycles. The van der Waals surface area contributed by atoms with Gasteiger partial charge in [-0.25, -0.2) is 0 Å². The molecule has 0 radical (unpaired) electrons. The summed E-state index contributed by atoms with van der Waals surface area (Å²) in [6.45, 7) is 6.75. The third-order valence-electron chi connectivity index (χ3n) is 4.48. The number of rotatable bonds is 5. The van der Waals surface area contributed by atoms with Crippen molar-refractivity contribution in [2.75, 3.05) is 0 Å². The van der Waals surface area contributed by atoms with Crippen molar-refractivity contribution >= 4 is 5.82 Å². The molecule has 3 rings (SSSR count). The first-order valence-corrected chi connectivity index (χ1v) is 8.89. The van der Waals surface area contributed by atoms with Gasteiger partial charge in [0.05, 0.1) is 6.04 Å². The molecule has 1 aromatic carbocycles. The highest BCUT2D eigenvalue weighted by Gasteiger charge is 2.41. The molecule has 0 saturated carbocycles. The summed E-state index contributed by atoms with van der Waals surface area (Å²) in [7, 11) is 0. The Labute approximate surface area is 164 Å². The summed E-state index contributed by atoms with van der Waals surface area (Å²) in [4.78, 5) is 14.3. The van der Waals surface area contributed by atoms with Crippen molar-refractivity contribution in [2.24, 2.45) is 5.41 Å². The Morgan fingerprint density at radius 3 is 2.52 bits per heavy atom. The number of fused-ring (bicyclic) bond motifs is 1. The molecule has 0 amide bonds.